The molecule has 1 atom stereocenters. The SMILES string of the molecule is C=CC(c1ccc(OC)cc1)c1c[nH]c2cc(OCc3ccccc3)ccc12. The average molecular weight is 369 g/mol. The monoisotopic (exact) mass is 369 g/mol. The van der Waals surface area contributed by atoms with E-state index in [0.717, 1.165) is 22.6 Å². The van der Waals surface area contributed by atoms with Gasteiger partial charge in [-0.25, -0.2) is 0 Å². The molecule has 0 radical (unpaired) electrons. The number of aromatic amines is 1. The molecule has 0 aliphatic heterocycles. The zero-order valence-corrected chi connectivity index (χ0v) is 15.9. The van der Waals surface area contributed by atoms with Gasteiger partial charge in [-0.1, -0.05) is 48.5 Å². The summed E-state index contributed by atoms with van der Waals surface area (Å²) >= 11 is 0. The van der Waals surface area contributed by atoms with Crippen molar-refractivity contribution in [1.82, 2.24) is 4.98 Å². The van der Waals surface area contributed by atoms with Crippen LogP contribution in [0, 0.1) is 0 Å². The Kier molecular flexibility index (Phi) is 5.16. The zero-order valence-electron chi connectivity index (χ0n) is 15.9. The largest absolute Gasteiger partial charge is 0.497 e. The lowest BCUT2D eigenvalue weighted by atomic mass is 9.91. The van der Waals surface area contributed by atoms with Crippen molar-refractivity contribution in [2.24, 2.45) is 0 Å². The van der Waals surface area contributed by atoms with Crippen molar-refractivity contribution in [1.29, 1.82) is 0 Å². The van der Waals surface area contributed by atoms with Crippen molar-refractivity contribution in [2.75, 3.05) is 7.11 Å². The molecular formula is C25H23NO2. The predicted molar refractivity (Wildman–Crippen MR) is 114 cm³/mol. The third-order valence-corrected chi connectivity index (χ3v) is 4.98. The number of hydrogen-bond acceptors (Lipinski definition) is 2. The summed E-state index contributed by atoms with van der Waals surface area (Å²) in [4.78, 5) is 3.38. The summed E-state index contributed by atoms with van der Waals surface area (Å²) in [5.41, 5.74) is 4.59. The summed E-state index contributed by atoms with van der Waals surface area (Å²) in [5.74, 6) is 1.81. The molecule has 0 aliphatic carbocycles. The highest BCUT2D eigenvalue weighted by Crippen LogP contribution is 2.34. The fraction of sp³-hybridized carbons (Fsp3) is 0.120. The number of allylic oxidation sites excluding steroid dienone is 1. The number of fused-ring (bicyclic) bond motifs is 1. The lowest BCUT2D eigenvalue weighted by Gasteiger charge is -2.13. The van der Waals surface area contributed by atoms with E-state index in [4.69, 9.17) is 9.47 Å². The van der Waals surface area contributed by atoms with Crippen molar-refractivity contribution in [2.45, 2.75) is 12.5 Å². The van der Waals surface area contributed by atoms with Gasteiger partial charge in [-0.3, -0.25) is 0 Å². The molecule has 3 nitrogen and oxygen atoms in total. The first-order valence-electron chi connectivity index (χ1n) is 9.33. The molecule has 0 bridgehead atoms. The van der Waals surface area contributed by atoms with Gasteiger partial charge < -0.3 is 14.5 Å². The van der Waals surface area contributed by atoms with Crippen LogP contribution in [0.4, 0.5) is 0 Å². The summed E-state index contributed by atoms with van der Waals surface area (Å²) in [6, 6.07) is 24.5. The molecule has 1 N–H and O–H groups in total. The minimum absolute atomic E-state index is 0.107. The van der Waals surface area contributed by atoms with E-state index in [0.29, 0.717) is 6.61 Å². The van der Waals surface area contributed by atoms with Gasteiger partial charge in [-0.15, -0.1) is 6.58 Å². The lowest BCUT2D eigenvalue weighted by molar-refractivity contribution is 0.306. The normalized spacial score (nSPS) is 11.9. The smallest absolute Gasteiger partial charge is 0.121 e. The van der Waals surface area contributed by atoms with Crippen molar-refractivity contribution >= 4 is 10.9 Å². The Morgan fingerprint density at radius 2 is 1.71 bits per heavy atom. The molecule has 0 aliphatic rings. The summed E-state index contributed by atoms with van der Waals surface area (Å²) in [5, 5.41) is 1.17. The second-order valence-corrected chi connectivity index (χ2v) is 6.71. The van der Waals surface area contributed by atoms with E-state index in [1.54, 1.807) is 7.11 Å². The first kappa shape index (κ1) is 17.9. The topological polar surface area (TPSA) is 34.2 Å². The Hall–Kier alpha value is -3.46. The number of hydrogen-bond donors (Lipinski definition) is 1. The second-order valence-electron chi connectivity index (χ2n) is 6.71. The number of rotatable bonds is 7. The van der Waals surface area contributed by atoms with Crippen LogP contribution in [0.15, 0.2) is 91.6 Å². The van der Waals surface area contributed by atoms with Crippen LogP contribution in [0.25, 0.3) is 10.9 Å². The molecule has 0 saturated heterocycles. The van der Waals surface area contributed by atoms with Crippen LogP contribution in [-0.2, 0) is 6.61 Å². The van der Waals surface area contributed by atoms with Crippen molar-refractivity contribution < 1.29 is 9.47 Å². The lowest BCUT2D eigenvalue weighted by Crippen LogP contribution is -1.97. The fourth-order valence-corrected chi connectivity index (χ4v) is 3.47. The standard InChI is InChI=1S/C25H23NO2/c1-3-22(19-9-11-20(27-2)12-10-19)24-16-26-25-15-21(13-14-23(24)25)28-17-18-7-5-4-6-8-18/h3-16,22,26H,1,17H2,2H3. The van der Waals surface area contributed by atoms with Crippen LogP contribution >= 0.6 is 0 Å². The Bertz CT molecular complexity index is 1060. The molecule has 140 valence electrons. The Morgan fingerprint density at radius 3 is 2.43 bits per heavy atom. The van der Waals surface area contributed by atoms with Crippen LogP contribution in [0.1, 0.15) is 22.6 Å². The molecule has 3 aromatic carbocycles. The van der Waals surface area contributed by atoms with E-state index >= 15 is 0 Å². The maximum absolute atomic E-state index is 5.95. The molecule has 0 fully saturated rings. The number of ether oxygens (including phenoxy) is 2. The minimum atomic E-state index is 0.107. The fourth-order valence-electron chi connectivity index (χ4n) is 3.47. The van der Waals surface area contributed by atoms with Gasteiger partial charge in [-0.05, 0) is 41.0 Å². The van der Waals surface area contributed by atoms with Gasteiger partial charge in [0.25, 0.3) is 0 Å². The molecule has 0 saturated carbocycles. The first-order valence-corrected chi connectivity index (χ1v) is 9.33. The van der Waals surface area contributed by atoms with Gasteiger partial charge in [0.15, 0.2) is 0 Å². The van der Waals surface area contributed by atoms with Crippen molar-refractivity contribution in [3.8, 4) is 11.5 Å². The number of nitrogens with one attached hydrogen (secondary N) is 1. The molecule has 0 spiro atoms. The highest BCUT2D eigenvalue weighted by molar-refractivity contribution is 5.85. The molecular weight excluding hydrogens is 346 g/mol. The zero-order chi connectivity index (χ0) is 19.3. The number of methoxy groups -OCH3 is 1. The van der Waals surface area contributed by atoms with Gasteiger partial charge >= 0.3 is 0 Å². The van der Waals surface area contributed by atoms with Gasteiger partial charge in [0.1, 0.15) is 18.1 Å². The molecule has 0 amide bonds. The summed E-state index contributed by atoms with van der Waals surface area (Å²) in [6.45, 7) is 4.61. The third kappa shape index (κ3) is 3.65. The van der Waals surface area contributed by atoms with E-state index in [9.17, 15) is 0 Å². The number of aromatic nitrogens is 1. The van der Waals surface area contributed by atoms with Gasteiger partial charge in [0.05, 0.1) is 7.11 Å². The van der Waals surface area contributed by atoms with Gasteiger partial charge in [-0.2, -0.15) is 0 Å². The third-order valence-electron chi connectivity index (χ3n) is 4.98. The van der Waals surface area contributed by atoms with Crippen LogP contribution in [0.5, 0.6) is 11.5 Å². The van der Waals surface area contributed by atoms with Crippen molar-refractivity contribution in [3.63, 3.8) is 0 Å². The van der Waals surface area contributed by atoms with Gasteiger partial charge in [0, 0.05) is 29.1 Å². The molecule has 3 heteroatoms. The second kappa shape index (κ2) is 8.05. The van der Waals surface area contributed by atoms with E-state index in [1.165, 1.54) is 16.5 Å². The summed E-state index contributed by atoms with van der Waals surface area (Å²) in [6.07, 6.45) is 4.03. The maximum atomic E-state index is 5.95. The predicted octanol–water partition coefficient (Wildman–Crippen LogP) is 6.07. The Morgan fingerprint density at radius 1 is 0.964 bits per heavy atom. The molecule has 1 heterocycles. The van der Waals surface area contributed by atoms with Crippen molar-refractivity contribution in [3.05, 3.63) is 108 Å². The summed E-state index contributed by atoms with van der Waals surface area (Å²) in [7, 11) is 1.68. The van der Waals surface area contributed by atoms with E-state index in [2.05, 4.69) is 54.2 Å². The molecule has 1 unspecified atom stereocenters. The van der Waals surface area contributed by atoms with E-state index in [-0.39, 0.29) is 5.92 Å². The Labute approximate surface area is 165 Å². The average Bonchev–Trinajstić information content (AvgIpc) is 3.17. The molecule has 4 aromatic rings. The molecule has 4 rings (SSSR count). The minimum Gasteiger partial charge on any atom is -0.497 e. The maximum Gasteiger partial charge on any atom is 0.121 e. The molecule has 28 heavy (non-hydrogen) atoms. The number of H-pyrrole nitrogens is 1. The van der Waals surface area contributed by atoms with Gasteiger partial charge in [0.2, 0.25) is 0 Å². The van der Waals surface area contributed by atoms with E-state index in [1.807, 2.05) is 42.5 Å². The van der Waals surface area contributed by atoms with E-state index < -0.39 is 0 Å². The highest BCUT2D eigenvalue weighted by Gasteiger charge is 2.15. The first-order chi connectivity index (χ1) is 13.8. The summed E-state index contributed by atoms with van der Waals surface area (Å²) < 4.78 is 11.2. The number of benzene rings is 3. The Balaban J connectivity index is 1.58. The van der Waals surface area contributed by atoms with Crippen LogP contribution < -0.4 is 9.47 Å². The quantitative estimate of drug-likeness (QED) is 0.401. The van der Waals surface area contributed by atoms with Crippen LogP contribution in [-0.4, -0.2) is 12.1 Å². The van der Waals surface area contributed by atoms with Crippen LogP contribution in [0.2, 0.25) is 0 Å². The molecule has 1 aromatic heterocycles. The van der Waals surface area contributed by atoms with Crippen LogP contribution in [0.3, 0.4) is 0 Å². The highest BCUT2D eigenvalue weighted by atomic mass is 16.5.